The SMILES string of the molecule is CCOc1ccc2nc(NCCc3nc(C)no3)sc2c1. The third kappa shape index (κ3) is 3.30. The molecule has 1 N–H and O–H groups in total. The Hall–Kier alpha value is -2.15. The molecule has 110 valence electrons. The van der Waals surface area contributed by atoms with Gasteiger partial charge >= 0.3 is 0 Å². The van der Waals surface area contributed by atoms with Crippen molar-refractivity contribution < 1.29 is 9.26 Å². The fraction of sp³-hybridized carbons (Fsp3) is 0.357. The average molecular weight is 304 g/mol. The van der Waals surface area contributed by atoms with E-state index in [4.69, 9.17) is 9.26 Å². The first-order valence-electron chi connectivity index (χ1n) is 6.81. The first kappa shape index (κ1) is 13.8. The third-order valence-electron chi connectivity index (χ3n) is 2.86. The molecule has 0 aliphatic carbocycles. The lowest BCUT2D eigenvalue weighted by atomic mass is 10.3. The first-order chi connectivity index (χ1) is 10.2. The maximum atomic E-state index is 5.50. The van der Waals surface area contributed by atoms with Gasteiger partial charge in [0, 0.05) is 13.0 Å². The van der Waals surface area contributed by atoms with Crippen LogP contribution in [0.5, 0.6) is 5.75 Å². The van der Waals surface area contributed by atoms with Gasteiger partial charge in [-0.05, 0) is 32.0 Å². The molecule has 0 spiro atoms. The highest BCUT2D eigenvalue weighted by molar-refractivity contribution is 7.22. The Labute approximate surface area is 126 Å². The van der Waals surface area contributed by atoms with Gasteiger partial charge < -0.3 is 14.6 Å². The number of fused-ring (bicyclic) bond motifs is 1. The van der Waals surface area contributed by atoms with E-state index in [1.165, 1.54) is 0 Å². The summed E-state index contributed by atoms with van der Waals surface area (Å²) in [5.41, 5.74) is 0.972. The number of ether oxygens (including phenoxy) is 1. The normalized spacial score (nSPS) is 11.0. The molecule has 0 amide bonds. The van der Waals surface area contributed by atoms with Crippen molar-refractivity contribution in [3.05, 3.63) is 29.9 Å². The van der Waals surface area contributed by atoms with Crippen molar-refractivity contribution >= 4 is 26.7 Å². The third-order valence-corrected chi connectivity index (χ3v) is 3.83. The molecule has 6 nitrogen and oxygen atoms in total. The summed E-state index contributed by atoms with van der Waals surface area (Å²) >= 11 is 1.61. The van der Waals surface area contributed by atoms with Crippen molar-refractivity contribution in [3.8, 4) is 5.75 Å². The molecule has 0 unspecified atom stereocenters. The highest BCUT2D eigenvalue weighted by Crippen LogP contribution is 2.29. The summed E-state index contributed by atoms with van der Waals surface area (Å²) < 4.78 is 11.7. The lowest BCUT2D eigenvalue weighted by Gasteiger charge is -2.00. The quantitative estimate of drug-likeness (QED) is 0.754. The van der Waals surface area contributed by atoms with Crippen LogP contribution in [0.2, 0.25) is 0 Å². The number of aryl methyl sites for hydroxylation is 1. The van der Waals surface area contributed by atoms with E-state index in [0.29, 0.717) is 31.3 Å². The number of nitrogens with zero attached hydrogens (tertiary/aromatic N) is 3. The average Bonchev–Trinajstić information content (AvgIpc) is 3.05. The molecule has 2 heterocycles. The maximum absolute atomic E-state index is 5.50. The molecular formula is C14H16N4O2S. The van der Waals surface area contributed by atoms with Gasteiger partial charge in [0.05, 0.1) is 16.8 Å². The lowest BCUT2D eigenvalue weighted by Crippen LogP contribution is -2.04. The largest absolute Gasteiger partial charge is 0.494 e. The molecule has 3 aromatic rings. The van der Waals surface area contributed by atoms with Crippen LogP contribution < -0.4 is 10.1 Å². The van der Waals surface area contributed by atoms with Crippen LogP contribution in [-0.2, 0) is 6.42 Å². The summed E-state index contributed by atoms with van der Waals surface area (Å²) in [5.74, 6) is 2.18. The molecule has 0 saturated carbocycles. The summed E-state index contributed by atoms with van der Waals surface area (Å²) in [6.07, 6.45) is 0.682. The summed E-state index contributed by atoms with van der Waals surface area (Å²) in [7, 11) is 0. The van der Waals surface area contributed by atoms with E-state index in [9.17, 15) is 0 Å². The van der Waals surface area contributed by atoms with Crippen molar-refractivity contribution in [1.82, 2.24) is 15.1 Å². The van der Waals surface area contributed by atoms with Gasteiger partial charge in [0.25, 0.3) is 0 Å². The Bertz CT molecular complexity index is 737. The van der Waals surface area contributed by atoms with Crippen LogP contribution in [-0.4, -0.2) is 28.3 Å². The highest BCUT2D eigenvalue weighted by atomic mass is 32.1. The van der Waals surface area contributed by atoms with E-state index in [2.05, 4.69) is 20.4 Å². The number of benzene rings is 1. The number of hydrogen-bond donors (Lipinski definition) is 1. The summed E-state index contributed by atoms with van der Waals surface area (Å²) in [6, 6.07) is 5.93. The lowest BCUT2D eigenvalue weighted by molar-refractivity contribution is 0.341. The second-order valence-corrected chi connectivity index (χ2v) is 5.52. The number of rotatable bonds is 6. The predicted molar refractivity (Wildman–Crippen MR) is 82.0 cm³/mol. The standard InChI is InChI=1S/C14H16N4O2S/c1-3-19-10-4-5-11-12(8-10)21-14(17-11)15-7-6-13-16-9(2)18-20-13/h4-5,8H,3,6-7H2,1-2H3,(H,15,17). The first-order valence-corrected chi connectivity index (χ1v) is 7.62. The van der Waals surface area contributed by atoms with Gasteiger partial charge in [-0.1, -0.05) is 16.5 Å². The zero-order valence-corrected chi connectivity index (χ0v) is 12.7. The second kappa shape index (κ2) is 6.09. The molecule has 2 aromatic heterocycles. The molecule has 21 heavy (non-hydrogen) atoms. The molecule has 0 atom stereocenters. The molecule has 0 bridgehead atoms. The minimum absolute atomic E-state index is 0.639. The molecular weight excluding hydrogens is 288 g/mol. The van der Waals surface area contributed by atoms with E-state index < -0.39 is 0 Å². The highest BCUT2D eigenvalue weighted by Gasteiger charge is 2.06. The number of thiazole rings is 1. The fourth-order valence-electron chi connectivity index (χ4n) is 1.95. The van der Waals surface area contributed by atoms with Crippen LogP contribution in [0.1, 0.15) is 18.6 Å². The minimum Gasteiger partial charge on any atom is -0.494 e. The molecule has 1 aromatic carbocycles. The van der Waals surface area contributed by atoms with Gasteiger partial charge in [0.2, 0.25) is 5.89 Å². The van der Waals surface area contributed by atoms with Gasteiger partial charge in [0.1, 0.15) is 5.75 Å². The van der Waals surface area contributed by atoms with Gasteiger partial charge in [-0.3, -0.25) is 0 Å². The fourth-order valence-corrected chi connectivity index (χ4v) is 2.87. The van der Waals surface area contributed by atoms with Crippen molar-refractivity contribution in [2.75, 3.05) is 18.5 Å². The van der Waals surface area contributed by atoms with Crippen LogP contribution in [0.4, 0.5) is 5.13 Å². The Morgan fingerprint density at radius 1 is 1.33 bits per heavy atom. The predicted octanol–water partition coefficient (Wildman–Crippen LogP) is 3.04. The number of hydrogen-bond acceptors (Lipinski definition) is 7. The zero-order valence-electron chi connectivity index (χ0n) is 11.9. The van der Waals surface area contributed by atoms with Crippen molar-refractivity contribution in [2.24, 2.45) is 0 Å². The molecule has 7 heteroatoms. The monoisotopic (exact) mass is 304 g/mol. The molecule has 0 aliphatic rings. The number of anilines is 1. The van der Waals surface area contributed by atoms with E-state index in [1.54, 1.807) is 11.3 Å². The number of nitrogens with one attached hydrogen (secondary N) is 1. The van der Waals surface area contributed by atoms with Crippen molar-refractivity contribution in [1.29, 1.82) is 0 Å². The Balaban J connectivity index is 1.64. The van der Waals surface area contributed by atoms with Crippen LogP contribution in [0.15, 0.2) is 22.7 Å². The molecule has 0 radical (unpaired) electrons. The van der Waals surface area contributed by atoms with Gasteiger partial charge in [-0.2, -0.15) is 4.98 Å². The summed E-state index contributed by atoms with van der Waals surface area (Å²) in [5, 5.41) is 7.93. The van der Waals surface area contributed by atoms with E-state index >= 15 is 0 Å². The topological polar surface area (TPSA) is 73.1 Å². The van der Waals surface area contributed by atoms with Crippen LogP contribution in [0.3, 0.4) is 0 Å². The van der Waals surface area contributed by atoms with Crippen molar-refractivity contribution in [2.45, 2.75) is 20.3 Å². The van der Waals surface area contributed by atoms with E-state index in [1.807, 2.05) is 32.0 Å². The maximum Gasteiger partial charge on any atom is 0.228 e. The van der Waals surface area contributed by atoms with Crippen LogP contribution >= 0.6 is 11.3 Å². The van der Waals surface area contributed by atoms with Gasteiger partial charge in [0.15, 0.2) is 11.0 Å². The Morgan fingerprint density at radius 2 is 2.24 bits per heavy atom. The van der Waals surface area contributed by atoms with E-state index in [-0.39, 0.29) is 0 Å². The molecule has 0 fully saturated rings. The van der Waals surface area contributed by atoms with Crippen LogP contribution in [0.25, 0.3) is 10.2 Å². The number of aromatic nitrogens is 3. The smallest absolute Gasteiger partial charge is 0.228 e. The summed E-state index contributed by atoms with van der Waals surface area (Å²) in [6.45, 7) is 5.16. The zero-order chi connectivity index (χ0) is 14.7. The molecule has 3 rings (SSSR count). The van der Waals surface area contributed by atoms with Crippen molar-refractivity contribution in [3.63, 3.8) is 0 Å². The minimum atomic E-state index is 0.639. The Morgan fingerprint density at radius 3 is 3.00 bits per heavy atom. The van der Waals surface area contributed by atoms with Crippen LogP contribution in [0, 0.1) is 6.92 Å². The molecule has 0 saturated heterocycles. The molecule has 0 aliphatic heterocycles. The van der Waals surface area contributed by atoms with E-state index in [0.717, 1.165) is 21.1 Å². The van der Waals surface area contributed by atoms with Gasteiger partial charge in [-0.15, -0.1) is 0 Å². The summed E-state index contributed by atoms with van der Waals surface area (Å²) in [4.78, 5) is 8.70. The Kier molecular flexibility index (Phi) is 4.01. The van der Waals surface area contributed by atoms with Gasteiger partial charge in [-0.25, -0.2) is 4.98 Å². The second-order valence-electron chi connectivity index (χ2n) is 4.49.